The Bertz CT molecular complexity index is 378. The van der Waals surface area contributed by atoms with E-state index in [-0.39, 0.29) is 12.4 Å². The summed E-state index contributed by atoms with van der Waals surface area (Å²) in [5, 5.41) is 9.17. The molecule has 2 rings (SSSR count). The normalized spacial score (nSPS) is 24.5. The van der Waals surface area contributed by atoms with Crippen LogP contribution in [0.3, 0.4) is 0 Å². The molecule has 0 spiro atoms. The Labute approximate surface area is 95.1 Å². The fourth-order valence-corrected chi connectivity index (χ4v) is 2.03. The lowest BCUT2D eigenvalue weighted by molar-refractivity contribution is -0.170. The summed E-state index contributed by atoms with van der Waals surface area (Å²) in [7, 11) is 1.61. The predicted molar refractivity (Wildman–Crippen MR) is 59.0 cm³/mol. The molecule has 0 radical (unpaired) electrons. The Morgan fingerprint density at radius 1 is 1.31 bits per heavy atom. The lowest BCUT2D eigenvalue weighted by Crippen LogP contribution is -2.42. The van der Waals surface area contributed by atoms with Gasteiger partial charge in [-0.05, 0) is 19.4 Å². The summed E-state index contributed by atoms with van der Waals surface area (Å²) in [4.78, 5) is 0. The average Bonchev–Trinajstić information content (AvgIpc) is 2.68. The van der Waals surface area contributed by atoms with Gasteiger partial charge in [-0.3, -0.25) is 0 Å². The van der Waals surface area contributed by atoms with E-state index in [0.29, 0.717) is 0 Å². The van der Waals surface area contributed by atoms with Gasteiger partial charge in [0.05, 0.1) is 5.54 Å². The SMILES string of the molecule is CO[C@@H]1O[C@H](C(C)(C)NO)c2ccccc21. The van der Waals surface area contributed by atoms with Crippen molar-refractivity contribution in [3.8, 4) is 0 Å². The van der Waals surface area contributed by atoms with Gasteiger partial charge in [0.1, 0.15) is 6.10 Å². The number of ether oxygens (including phenoxy) is 2. The van der Waals surface area contributed by atoms with Crippen LogP contribution in [0.25, 0.3) is 0 Å². The van der Waals surface area contributed by atoms with Gasteiger partial charge in [0.25, 0.3) is 0 Å². The standard InChI is InChI=1S/C12H17NO3/c1-12(2,13-14)10-8-6-4-5-7-9(8)11(15-3)16-10/h4-7,10-11,13-14H,1-3H3/t10-,11+/m0/s1. The van der Waals surface area contributed by atoms with Gasteiger partial charge in [0.2, 0.25) is 0 Å². The van der Waals surface area contributed by atoms with Crippen LogP contribution in [0.2, 0.25) is 0 Å². The van der Waals surface area contributed by atoms with Crippen molar-refractivity contribution in [3.05, 3.63) is 35.4 Å². The number of benzene rings is 1. The molecule has 2 atom stereocenters. The van der Waals surface area contributed by atoms with Gasteiger partial charge in [0, 0.05) is 12.7 Å². The zero-order chi connectivity index (χ0) is 11.8. The van der Waals surface area contributed by atoms with Crippen LogP contribution >= 0.6 is 0 Å². The largest absolute Gasteiger partial charge is 0.352 e. The van der Waals surface area contributed by atoms with Crippen LogP contribution in [-0.4, -0.2) is 17.9 Å². The number of methoxy groups -OCH3 is 1. The number of fused-ring (bicyclic) bond motifs is 1. The monoisotopic (exact) mass is 223 g/mol. The van der Waals surface area contributed by atoms with Crippen molar-refractivity contribution in [2.75, 3.05) is 7.11 Å². The molecule has 0 saturated heterocycles. The summed E-state index contributed by atoms with van der Waals surface area (Å²) in [6, 6.07) is 7.89. The van der Waals surface area contributed by atoms with E-state index in [9.17, 15) is 0 Å². The lowest BCUT2D eigenvalue weighted by atomic mass is 9.91. The van der Waals surface area contributed by atoms with Gasteiger partial charge in [0.15, 0.2) is 6.29 Å². The van der Waals surface area contributed by atoms with E-state index < -0.39 is 5.54 Å². The fraction of sp³-hybridized carbons (Fsp3) is 0.500. The maximum Gasteiger partial charge on any atom is 0.184 e. The molecule has 0 aromatic heterocycles. The fourth-order valence-electron chi connectivity index (χ4n) is 2.03. The van der Waals surface area contributed by atoms with E-state index in [1.807, 2.05) is 38.1 Å². The number of hydrogen-bond donors (Lipinski definition) is 2. The molecule has 4 heteroatoms. The third-order valence-electron chi connectivity index (χ3n) is 2.95. The Morgan fingerprint density at radius 2 is 1.94 bits per heavy atom. The maximum atomic E-state index is 9.17. The van der Waals surface area contributed by atoms with Gasteiger partial charge in [-0.1, -0.05) is 24.3 Å². The minimum absolute atomic E-state index is 0.223. The van der Waals surface area contributed by atoms with Crippen LogP contribution in [0.4, 0.5) is 0 Å². The van der Waals surface area contributed by atoms with Crippen LogP contribution in [0.15, 0.2) is 24.3 Å². The second kappa shape index (κ2) is 4.14. The molecule has 0 unspecified atom stereocenters. The molecule has 0 fully saturated rings. The molecule has 1 heterocycles. The summed E-state index contributed by atoms with van der Waals surface area (Å²) in [6.07, 6.45) is -0.576. The molecule has 0 saturated carbocycles. The van der Waals surface area contributed by atoms with Crippen LogP contribution in [0, 0.1) is 0 Å². The molecule has 1 aliphatic rings. The number of rotatable bonds is 3. The quantitative estimate of drug-likeness (QED) is 0.771. The van der Waals surface area contributed by atoms with Crippen molar-refractivity contribution in [3.63, 3.8) is 0 Å². The summed E-state index contributed by atoms with van der Waals surface area (Å²) in [5.41, 5.74) is 3.82. The smallest absolute Gasteiger partial charge is 0.184 e. The van der Waals surface area contributed by atoms with E-state index >= 15 is 0 Å². The second-order valence-corrected chi connectivity index (χ2v) is 4.55. The van der Waals surface area contributed by atoms with Crippen molar-refractivity contribution >= 4 is 0 Å². The van der Waals surface area contributed by atoms with E-state index in [2.05, 4.69) is 5.48 Å². The number of hydroxylamine groups is 1. The average molecular weight is 223 g/mol. The van der Waals surface area contributed by atoms with Gasteiger partial charge in [-0.15, -0.1) is 0 Å². The van der Waals surface area contributed by atoms with Crippen molar-refractivity contribution in [2.45, 2.75) is 31.8 Å². The molecule has 0 bridgehead atoms. The van der Waals surface area contributed by atoms with Gasteiger partial charge < -0.3 is 14.7 Å². The van der Waals surface area contributed by atoms with Crippen molar-refractivity contribution < 1.29 is 14.7 Å². The lowest BCUT2D eigenvalue weighted by Gasteiger charge is -2.30. The van der Waals surface area contributed by atoms with Crippen LogP contribution in [0.5, 0.6) is 0 Å². The highest BCUT2D eigenvalue weighted by Crippen LogP contribution is 2.44. The highest BCUT2D eigenvalue weighted by atomic mass is 16.7. The first-order valence-electron chi connectivity index (χ1n) is 5.28. The van der Waals surface area contributed by atoms with Gasteiger partial charge in [-0.25, -0.2) is 0 Å². The Morgan fingerprint density at radius 3 is 2.50 bits per heavy atom. The number of hydrogen-bond acceptors (Lipinski definition) is 4. The molecule has 0 amide bonds. The van der Waals surface area contributed by atoms with E-state index in [1.54, 1.807) is 7.11 Å². The Hall–Kier alpha value is -0.940. The van der Waals surface area contributed by atoms with Crippen LogP contribution < -0.4 is 5.48 Å². The topological polar surface area (TPSA) is 50.7 Å². The summed E-state index contributed by atoms with van der Waals surface area (Å²) < 4.78 is 11.1. The summed E-state index contributed by atoms with van der Waals surface area (Å²) in [5.74, 6) is 0. The molecule has 1 aliphatic heterocycles. The molecule has 2 N–H and O–H groups in total. The zero-order valence-electron chi connectivity index (χ0n) is 9.73. The second-order valence-electron chi connectivity index (χ2n) is 4.55. The Kier molecular flexibility index (Phi) is 2.99. The van der Waals surface area contributed by atoms with Crippen LogP contribution in [0.1, 0.15) is 37.4 Å². The number of nitrogens with one attached hydrogen (secondary N) is 1. The molecular weight excluding hydrogens is 206 g/mol. The summed E-state index contributed by atoms with van der Waals surface area (Å²) >= 11 is 0. The molecular formula is C12H17NO3. The first-order valence-corrected chi connectivity index (χ1v) is 5.28. The minimum Gasteiger partial charge on any atom is -0.352 e. The molecule has 1 aromatic carbocycles. The first kappa shape index (κ1) is 11.5. The van der Waals surface area contributed by atoms with Crippen molar-refractivity contribution in [1.29, 1.82) is 0 Å². The third-order valence-corrected chi connectivity index (χ3v) is 2.95. The zero-order valence-corrected chi connectivity index (χ0v) is 9.73. The summed E-state index contributed by atoms with van der Waals surface area (Å²) in [6.45, 7) is 3.76. The maximum absolute atomic E-state index is 9.17. The van der Waals surface area contributed by atoms with Gasteiger partial charge in [-0.2, -0.15) is 5.48 Å². The minimum atomic E-state index is -0.552. The van der Waals surface area contributed by atoms with E-state index in [1.165, 1.54) is 0 Å². The highest BCUT2D eigenvalue weighted by Gasteiger charge is 2.41. The first-order chi connectivity index (χ1) is 7.60. The van der Waals surface area contributed by atoms with E-state index in [0.717, 1.165) is 11.1 Å². The van der Waals surface area contributed by atoms with Crippen molar-refractivity contribution in [1.82, 2.24) is 5.48 Å². The third kappa shape index (κ3) is 1.74. The molecule has 88 valence electrons. The predicted octanol–water partition coefficient (Wildman–Crippen LogP) is 2.16. The highest BCUT2D eigenvalue weighted by molar-refractivity contribution is 5.35. The van der Waals surface area contributed by atoms with E-state index in [4.69, 9.17) is 14.7 Å². The molecule has 0 aliphatic carbocycles. The molecule has 4 nitrogen and oxygen atoms in total. The van der Waals surface area contributed by atoms with Crippen molar-refractivity contribution in [2.24, 2.45) is 0 Å². The van der Waals surface area contributed by atoms with Gasteiger partial charge >= 0.3 is 0 Å². The van der Waals surface area contributed by atoms with Crippen LogP contribution in [-0.2, 0) is 9.47 Å². The Balaban J connectivity index is 2.40. The molecule has 1 aromatic rings. The molecule has 16 heavy (non-hydrogen) atoms.